The zero-order valence-corrected chi connectivity index (χ0v) is 18.0. The molecule has 0 unspecified atom stereocenters. The minimum Gasteiger partial charge on any atom is -0.457 e. The molecule has 0 heterocycles. The number of carbonyl (C=O) groups is 2. The summed E-state index contributed by atoms with van der Waals surface area (Å²) in [7, 11) is 0. The summed E-state index contributed by atoms with van der Waals surface area (Å²) in [5, 5.41) is 11.5. The van der Waals surface area contributed by atoms with E-state index in [1.54, 1.807) is 30.3 Å². The topological polar surface area (TPSA) is 88.1 Å². The molecule has 9 heteroatoms. The van der Waals surface area contributed by atoms with Crippen molar-refractivity contribution in [3.63, 3.8) is 0 Å². The van der Waals surface area contributed by atoms with E-state index in [0.717, 1.165) is 0 Å². The number of hydrogen-bond donors (Lipinski definition) is 2. The Morgan fingerprint density at radius 1 is 1.17 bits per heavy atom. The summed E-state index contributed by atoms with van der Waals surface area (Å²) in [5.41, 5.74) is 1.13. The number of carbonyl (C=O) groups excluding carboxylic acids is 2. The molecule has 0 saturated carbocycles. The quantitative estimate of drug-likeness (QED) is 0.400. The third-order valence-electron chi connectivity index (χ3n) is 4.03. The molecule has 0 spiro atoms. The molecule has 7 nitrogen and oxygen atoms in total. The second kappa shape index (κ2) is 12.4. The van der Waals surface area contributed by atoms with Gasteiger partial charge in [0, 0.05) is 37.0 Å². The smallest absolute Gasteiger partial charge is 0.256 e. The molecule has 2 aromatic rings. The number of hydrogen-bond acceptors (Lipinski definition) is 5. The fourth-order valence-corrected chi connectivity index (χ4v) is 2.88. The van der Waals surface area contributed by atoms with E-state index in [1.807, 2.05) is 25.1 Å². The van der Waals surface area contributed by atoms with E-state index in [4.69, 9.17) is 37.8 Å². The second-order valence-corrected chi connectivity index (χ2v) is 7.30. The summed E-state index contributed by atoms with van der Waals surface area (Å²) >= 11 is 11.6. The van der Waals surface area contributed by atoms with Crippen LogP contribution in [0.1, 0.15) is 12.5 Å². The maximum Gasteiger partial charge on any atom is 0.256 e. The number of nitrogens with one attached hydrogen (secondary N) is 1. The van der Waals surface area contributed by atoms with Crippen LogP contribution in [-0.2, 0) is 20.9 Å². The fourth-order valence-electron chi connectivity index (χ4n) is 2.60. The van der Waals surface area contributed by atoms with E-state index < -0.39 is 23.3 Å². The van der Waals surface area contributed by atoms with E-state index in [9.17, 15) is 9.59 Å². The van der Waals surface area contributed by atoms with Gasteiger partial charge in [0.1, 0.15) is 18.1 Å². The number of aliphatic hydroxyl groups is 1. The van der Waals surface area contributed by atoms with E-state index in [2.05, 4.69) is 5.32 Å². The van der Waals surface area contributed by atoms with Gasteiger partial charge in [-0.3, -0.25) is 9.59 Å². The minimum absolute atomic E-state index is 0.179. The summed E-state index contributed by atoms with van der Waals surface area (Å²) in [6.07, 6.45) is 0. The first-order valence-corrected chi connectivity index (χ1v) is 10.2. The summed E-state index contributed by atoms with van der Waals surface area (Å²) < 4.78 is 11.3. The SMILES string of the molecule is CCOCCN(Cc1ccc(NC(=O)CO)cc1Oc1ccccc1)C(=O)C(Cl)Cl. The molecule has 2 aromatic carbocycles. The van der Waals surface area contributed by atoms with Crippen LogP contribution in [0.2, 0.25) is 0 Å². The molecule has 0 aliphatic carbocycles. The molecule has 0 aromatic heterocycles. The van der Waals surface area contributed by atoms with Crippen molar-refractivity contribution < 1.29 is 24.2 Å². The Morgan fingerprint density at radius 3 is 2.53 bits per heavy atom. The lowest BCUT2D eigenvalue weighted by Gasteiger charge is -2.24. The molecule has 0 saturated heterocycles. The Balaban J connectivity index is 2.32. The van der Waals surface area contributed by atoms with E-state index in [0.29, 0.717) is 42.5 Å². The highest BCUT2D eigenvalue weighted by Crippen LogP contribution is 2.30. The van der Waals surface area contributed by atoms with Gasteiger partial charge in [-0.15, -0.1) is 0 Å². The van der Waals surface area contributed by atoms with Crippen molar-refractivity contribution in [2.75, 3.05) is 31.7 Å². The number of ether oxygens (including phenoxy) is 2. The number of benzene rings is 2. The van der Waals surface area contributed by atoms with Gasteiger partial charge in [-0.2, -0.15) is 0 Å². The average Bonchev–Trinajstić information content (AvgIpc) is 2.74. The molecule has 0 radical (unpaired) electrons. The van der Waals surface area contributed by atoms with E-state index in [1.165, 1.54) is 4.90 Å². The average molecular weight is 455 g/mol. The van der Waals surface area contributed by atoms with Crippen LogP contribution in [0.15, 0.2) is 48.5 Å². The minimum atomic E-state index is -1.20. The highest BCUT2D eigenvalue weighted by Gasteiger charge is 2.22. The zero-order chi connectivity index (χ0) is 21.9. The number of anilines is 1. The van der Waals surface area contributed by atoms with Gasteiger partial charge >= 0.3 is 0 Å². The van der Waals surface area contributed by atoms with Gasteiger partial charge in [0.15, 0.2) is 4.84 Å². The number of aliphatic hydroxyl groups excluding tert-OH is 1. The monoisotopic (exact) mass is 454 g/mol. The van der Waals surface area contributed by atoms with Crippen molar-refractivity contribution in [1.29, 1.82) is 0 Å². The molecule has 2 N–H and O–H groups in total. The number of para-hydroxylation sites is 1. The molecule has 0 bridgehead atoms. The van der Waals surface area contributed by atoms with Gasteiger partial charge in [-0.1, -0.05) is 47.5 Å². The molecule has 30 heavy (non-hydrogen) atoms. The maximum absolute atomic E-state index is 12.4. The highest BCUT2D eigenvalue weighted by molar-refractivity contribution is 6.53. The summed E-state index contributed by atoms with van der Waals surface area (Å²) in [6, 6.07) is 14.1. The predicted molar refractivity (Wildman–Crippen MR) is 116 cm³/mol. The number of halogens is 2. The Bertz CT molecular complexity index is 833. The van der Waals surface area contributed by atoms with Crippen LogP contribution in [0.5, 0.6) is 11.5 Å². The molecule has 2 rings (SSSR count). The normalized spacial score (nSPS) is 10.7. The molecule has 0 aliphatic rings. The van der Waals surface area contributed by atoms with Crippen LogP contribution in [-0.4, -0.2) is 53.0 Å². The van der Waals surface area contributed by atoms with Crippen molar-refractivity contribution in [2.45, 2.75) is 18.3 Å². The zero-order valence-electron chi connectivity index (χ0n) is 16.5. The fraction of sp³-hybridized carbons (Fsp3) is 0.333. The van der Waals surface area contributed by atoms with Crippen molar-refractivity contribution in [3.05, 3.63) is 54.1 Å². The van der Waals surface area contributed by atoms with Crippen molar-refractivity contribution in [3.8, 4) is 11.5 Å². The first-order chi connectivity index (χ1) is 14.4. The number of amides is 2. The van der Waals surface area contributed by atoms with Gasteiger partial charge in [-0.25, -0.2) is 0 Å². The van der Waals surface area contributed by atoms with Gasteiger partial charge in [0.25, 0.3) is 5.91 Å². The summed E-state index contributed by atoms with van der Waals surface area (Å²) in [4.78, 5) is 24.3. The summed E-state index contributed by atoms with van der Waals surface area (Å²) in [5.74, 6) is 0.0337. The molecule has 0 aliphatic heterocycles. The van der Waals surface area contributed by atoms with Crippen LogP contribution in [0.4, 0.5) is 5.69 Å². The Kier molecular flexibility index (Phi) is 9.89. The summed E-state index contributed by atoms with van der Waals surface area (Å²) in [6.45, 7) is 2.57. The van der Waals surface area contributed by atoms with Crippen LogP contribution in [0.25, 0.3) is 0 Å². The van der Waals surface area contributed by atoms with Gasteiger partial charge in [0.05, 0.1) is 6.61 Å². The van der Waals surface area contributed by atoms with Crippen molar-refractivity contribution >= 4 is 40.7 Å². The van der Waals surface area contributed by atoms with Crippen LogP contribution < -0.4 is 10.1 Å². The molecule has 162 valence electrons. The van der Waals surface area contributed by atoms with Crippen molar-refractivity contribution in [2.24, 2.45) is 0 Å². The van der Waals surface area contributed by atoms with Crippen molar-refractivity contribution in [1.82, 2.24) is 4.90 Å². The molecule has 2 amide bonds. The van der Waals surface area contributed by atoms with Gasteiger partial charge in [0.2, 0.25) is 5.91 Å². The number of nitrogens with zero attached hydrogens (tertiary/aromatic N) is 1. The highest BCUT2D eigenvalue weighted by atomic mass is 35.5. The lowest BCUT2D eigenvalue weighted by Crippen LogP contribution is -2.37. The number of alkyl halides is 2. The first kappa shape index (κ1) is 24.0. The number of rotatable bonds is 11. The first-order valence-electron chi connectivity index (χ1n) is 9.35. The molecular weight excluding hydrogens is 431 g/mol. The largest absolute Gasteiger partial charge is 0.457 e. The lowest BCUT2D eigenvalue weighted by molar-refractivity contribution is -0.130. The van der Waals surface area contributed by atoms with E-state index >= 15 is 0 Å². The third kappa shape index (κ3) is 7.50. The van der Waals surface area contributed by atoms with E-state index in [-0.39, 0.29) is 6.54 Å². The van der Waals surface area contributed by atoms with Gasteiger partial charge < -0.3 is 24.8 Å². The lowest BCUT2D eigenvalue weighted by atomic mass is 10.1. The standard InChI is InChI=1S/C21H24Cl2N2O5/c1-2-29-11-10-25(21(28)20(22)23)13-15-8-9-16(24-19(27)14-26)12-18(15)30-17-6-4-3-5-7-17/h3-9,12,20,26H,2,10-11,13-14H2,1H3,(H,24,27). The molecular formula is C21H24Cl2N2O5. The predicted octanol–water partition coefficient (Wildman–Crippen LogP) is 3.58. The molecule has 0 atom stereocenters. The van der Waals surface area contributed by atoms with Crippen LogP contribution in [0.3, 0.4) is 0 Å². The maximum atomic E-state index is 12.4. The molecule has 0 fully saturated rings. The third-order valence-corrected chi connectivity index (χ3v) is 4.41. The Hall–Kier alpha value is -2.32. The second-order valence-electron chi connectivity index (χ2n) is 6.20. The Morgan fingerprint density at radius 2 is 1.90 bits per heavy atom. The van der Waals surface area contributed by atoms with Gasteiger partial charge in [-0.05, 0) is 25.1 Å². The Labute approximate surface area is 185 Å². The van der Waals surface area contributed by atoms with Crippen LogP contribution >= 0.6 is 23.2 Å². The van der Waals surface area contributed by atoms with Crippen LogP contribution in [0, 0.1) is 0 Å².